The number of furan rings is 1. The topological polar surface area (TPSA) is 84.2 Å². The molecule has 0 bridgehead atoms. The fraction of sp³-hybridized carbons (Fsp3) is 0.462. The third kappa shape index (κ3) is 4.13. The summed E-state index contributed by atoms with van der Waals surface area (Å²) in [4.78, 5) is 4.16. The van der Waals surface area contributed by atoms with Crippen molar-refractivity contribution in [3.63, 3.8) is 0 Å². The SMILES string of the molecule is CCNCc1ccc(S(=O)(=O)NC(CC)c2nccs2)o1. The van der Waals surface area contributed by atoms with Crippen molar-refractivity contribution in [3.05, 3.63) is 34.5 Å². The van der Waals surface area contributed by atoms with Gasteiger partial charge >= 0.3 is 0 Å². The minimum absolute atomic E-state index is 0.0644. The summed E-state index contributed by atoms with van der Waals surface area (Å²) in [6, 6.07) is 2.81. The lowest BCUT2D eigenvalue weighted by Crippen LogP contribution is -2.28. The zero-order chi connectivity index (χ0) is 15.3. The fourth-order valence-corrected chi connectivity index (χ4v) is 3.89. The Morgan fingerprint density at radius 3 is 2.81 bits per heavy atom. The van der Waals surface area contributed by atoms with E-state index in [0.717, 1.165) is 11.6 Å². The molecule has 8 heteroatoms. The van der Waals surface area contributed by atoms with Crippen LogP contribution in [0.1, 0.15) is 37.1 Å². The summed E-state index contributed by atoms with van der Waals surface area (Å²) in [6.07, 6.45) is 2.29. The van der Waals surface area contributed by atoms with Crippen molar-refractivity contribution in [2.75, 3.05) is 6.54 Å². The standard InChI is InChI=1S/C13H19N3O3S2/c1-3-11(13-15-7-8-20-13)16-21(17,18)12-6-5-10(19-12)9-14-4-2/h5-8,11,14,16H,3-4,9H2,1-2H3. The highest BCUT2D eigenvalue weighted by atomic mass is 32.2. The molecule has 1 atom stereocenters. The highest BCUT2D eigenvalue weighted by Gasteiger charge is 2.24. The first-order valence-electron chi connectivity index (χ1n) is 6.78. The molecule has 2 rings (SSSR count). The highest BCUT2D eigenvalue weighted by Crippen LogP contribution is 2.22. The maximum absolute atomic E-state index is 12.3. The molecule has 0 amide bonds. The summed E-state index contributed by atoms with van der Waals surface area (Å²) in [5.74, 6) is 0.597. The van der Waals surface area contributed by atoms with Gasteiger partial charge in [0.1, 0.15) is 10.8 Å². The molecule has 6 nitrogen and oxygen atoms in total. The minimum Gasteiger partial charge on any atom is -0.447 e. The fourth-order valence-electron chi connectivity index (χ4n) is 1.81. The van der Waals surface area contributed by atoms with Gasteiger partial charge in [-0.15, -0.1) is 11.3 Å². The third-order valence-electron chi connectivity index (χ3n) is 2.91. The summed E-state index contributed by atoms with van der Waals surface area (Å²) in [6.45, 7) is 5.19. The molecule has 0 saturated carbocycles. The minimum atomic E-state index is -3.68. The first kappa shape index (κ1) is 16.2. The maximum Gasteiger partial charge on any atom is 0.274 e. The summed E-state index contributed by atoms with van der Waals surface area (Å²) in [5, 5.41) is 5.60. The number of hydrogen-bond acceptors (Lipinski definition) is 6. The molecule has 2 heterocycles. The van der Waals surface area contributed by atoms with Crippen LogP contribution in [0, 0.1) is 0 Å². The van der Waals surface area contributed by atoms with Crippen LogP contribution < -0.4 is 10.0 Å². The number of nitrogens with one attached hydrogen (secondary N) is 2. The van der Waals surface area contributed by atoms with Crippen molar-refractivity contribution in [3.8, 4) is 0 Å². The van der Waals surface area contributed by atoms with E-state index in [-0.39, 0.29) is 11.1 Å². The molecule has 0 aliphatic rings. The van der Waals surface area contributed by atoms with Gasteiger partial charge in [-0.25, -0.2) is 13.4 Å². The van der Waals surface area contributed by atoms with E-state index in [1.807, 2.05) is 19.2 Å². The lowest BCUT2D eigenvalue weighted by Gasteiger charge is -2.13. The summed E-state index contributed by atoms with van der Waals surface area (Å²) < 4.78 is 32.7. The average molecular weight is 329 g/mol. The first-order chi connectivity index (χ1) is 10.1. The van der Waals surface area contributed by atoms with Crippen LogP contribution in [0.25, 0.3) is 0 Å². The molecule has 0 aliphatic heterocycles. The van der Waals surface area contributed by atoms with Crippen LogP contribution in [-0.4, -0.2) is 19.9 Å². The Bertz CT molecular complexity index is 650. The van der Waals surface area contributed by atoms with Crippen LogP contribution >= 0.6 is 11.3 Å². The Labute approximate surface area is 128 Å². The third-order valence-corrected chi connectivity index (χ3v) is 5.14. The summed E-state index contributed by atoms with van der Waals surface area (Å²) >= 11 is 1.43. The summed E-state index contributed by atoms with van der Waals surface area (Å²) in [5.41, 5.74) is 0. The smallest absolute Gasteiger partial charge is 0.274 e. The van der Waals surface area contributed by atoms with Crippen molar-refractivity contribution < 1.29 is 12.8 Å². The number of nitrogens with zero attached hydrogens (tertiary/aromatic N) is 1. The zero-order valence-corrected chi connectivity index (χ0v) is 13.6. The van der Waals surface area contributed by atoms with E-state index in [0.29, 0.717) is 18.7 Å². The Balaban J connectivity index is 2.12. The van der Waals surface area contributed by atoms with Gasteiger partial charge in [0.15, 0.2) is 0 Å². The van der Waals surface area contributed by atoms with Crippen molar-refractivity contribution >= 4 is 21.4 Å². The molecule has 116 valence electrons. The Hall–Kier alpha value is -1.22. The van der Waals surface area contributed by atoms with Gasteiger partial charge in [0.25, 0.3) is 10.0 Å². The lowest BCUT2D eigenvalue weighted by molar-refractivity contribution is 0.399. The number of aromatic nitrogens is 1. The van der Waals surface area contributed by atoms with Gasteiger partial charge in [-0.1, -0.05) is 13.8 Å². The predicted molar refractivity (Wildman–Crippen MR) is 81.6 cm³/mol. The van der Waals surface area contributed by atoms with Gasteiger partial charge < -0.3 is 9.73 Å². The molecule has 2 N–H and O–H groups in total. The average Bonchev–Trinajstić information content (AvgIpc) is 3.13. The largest absolute Gasteiger partial charge is 0.447 e. The monoisotopic (exact) mass is 329 g/mol. The van der Waals surface area contributed by atoms with Gasteiger partial charge in [0, 0.05) is 11.6 Å². The quantitative estimate of drug-likeness (QED) is 0.776. The number of rotatable bonds is 8. The van der Waals surface area contributed by atoms with Crippen LogP contribution in [0.5, 0.6) is 0 Å². The van der Waals surface area contributed by atoms with Gasteiger partial charge in [-0.3, -0.25) is 0 Å². The Kier molecular flexibility index (Phi) is 5.51. The van der Waals surface area contributed by atoms with E-state index in [4.69, 9.17) is 4.42 Å². The Morgan fingerprint density at radius 1 is 1.38 bits per heavy atom. The molecular formula is C13H19N3O3S2. The maximum atomic E-state index is 12.3. The van der Waals surface area contributed by atoms with E-state index in [1.165, 1.54) is 17.4 Å². The van der Waals surface area contributed by atoms with Gasteiger partial charge in [-0.2, -0.15) is 4.72 Å². The second kappa shape index (κ2) is 7.17. The highest BCUT2D eigenvalue weighted by molar-refractivity contribution is 7.89. The van der Waals surface area contributed by atoms with Crippen molar-refractivity contribution in [1.29, 1.82) is 0 Å². The van der Waals surface area contributed by atoms with E-state index in [2.05, 4.69) is 15.0 Å². The van der Waals surface area contributed by atoms with Crippen molar-refractivity contribution in [2.45, 2.75) is 37.9 Å². The molecule has 0 saturated heterocycles. The lowest BCUT2D eigenvalue weighted by atomic mass is 10.3. The molecule has 0 aromatic carbocycles. The van der Waals surface area contributed by atoms with Gasteiger partial charge in [0.05, 0.1) is 12.6 Å². The van der Waals surface area contributed by atoms with Gasteiger partial charge in [-0.05, 0) is 25.1 Å². The molecular weight excluding hydrogens is 310 g/mol. The van der Waals surface area contributed by atoms with Crippen molar-refractivity contribution in [1.82, 2.24) is 15.0 Å². The van der Waals surface area contributed by atoms with Crippen LogP contribution in [0.4, 0.5) is 0 Å². The number of sulfonamides is 1. The normalized spacial score (nSPS) is 13.4. The Morgan fingerprint density at radius 2 is 2.19 bits per heavy atom. The second-order valence-corrected chi connectivity index (χ2v) is 7.02. The molecule has 0 spiro atoms. The van der Waals surface area contributed by atoms with E-state index >= 15 is 0 Å². The van der Waals surface area contributed by atoms with Crippen LogP contribution in [-0.2, 0) is 16.6 Å². The molecule has 21 heavy (non-hydrogen) atoms. The molecule has 0 fully saturated rings. The molecule has 2 aromatic rings. The molecule has 0 radical (unpaired) electrons. The van der Waals surface area contributed by atoms with E-state index in [9.17, 15) is 8.42 Å². The second-order valence-electron chi connectivity index (χ2n) is 4.45. The van der Waals surface area contributed by atoms with Crippen LogP contribution in [0.3, 0.4) is 0 Å². The number of hydrogen-bond donors (Lipinski definition) is 2. The van der Waals surface area contributed by atoms with Crippen LogP contribution in [0.15, 0.2) is 33.2 Å². The predicted octanol–water partition coefficient (Wildman–Crippen LogP) is 2.28. The van der Waals surface area contributed by atoms with Gasteiger partial charge in [0.2, 0.25) is 5.09 Å². The van der Waals surface area contributed by atoms with E-state index < -0.39 is 10.0 Å². The first-order valence-corrected chi connectivity index (χ1v) is 9.14. The molecule has 2 aromatic heterocycles. The number of thiazole rings is 1. The van der Waals surface area contributed by atoms with Crippen molar-refractivity contribution in [2.24, 2.45) is 0 Å². The van der Waals surface area contributed by atoms with E-state index in [1.54, 1.807) is 12.3 Å². The molecule has 0 aliphatic carbocycles. The van der Waals surface area contributed by atoms with Crippen LogP contribution in [0.2, 0.25) is 0 Å². The summed E-state index contributed by atoms with van der Waals surface area (Å²) in [7, 11) is -3.68. The zero-order valence-electron chi connectivity index (χ0n) is 12.0. The molecule has 1 unspecified atom stereocenters.